The van der Waals surface area contributed by atoms with Crippen LogP contribution in [0.25, 0.3) is 0 Å². The summed E-state index contributed by atoms with van der Waals surface area (Å²) in [5.41, 5.74) is 0. The number of hydrogen-bond donors (Lipinski definition) is 0. The van der Waals surface area contributed by atoms with E-state index in [4.69, 9.17) is 0 Å². The summed E-state index contributed by atoms with van der Waals surface area (Å²) in [4.78, 5) is 0. The molecule has 0 aliphatic rings. The van der Waals surface area contributed by atoms with Crippen LogP contribution in [0.3, 0.4) is 0 Å². The third-order valence-corrected chi connectivity index (χ3v) is 2.26. The molecule has 0 fully saturated rings. The van der Waals surface area contributed by atoms with E-state index in [0.29, 0.717) is 0 Å². The number of alkyl halides is 2. The molecule has 0 radical (unpaired) electrons. The van der Waals surface area contributed by atoms with Crippen molar-refractivity contribution >= 4 is 31.9 Å². The van der Waals surface area contributed by atoms with Gasteiger partial charge < -0.3 is 0 Å². The first-order chi connectivity index (χ1) is 4.56. The fourth-order valence-corrected chi connectivity index (χ4v) is 1.42. The molecule has 2 heteroatoms. The molecule has 0 aromatic heterocycles. The first-order valence-electron chi connectivity index (χ1n) is 3.94. The SMILES string of the molecule is CCCCCCC(C)(Br)Br. The van der Waals surface area contributed by atoms with Gasteiger partial charge in [0.1, 0.15) is 0 Å². The Hall–Kier alpha value is 0.960. The summed E-state index contributed by atoms with van der Waals surface area (Å²) >= 11 is 7.09. The normalized spacial score (nSPS) is 12.0. The first kappa shape index (κ1) is 11.0. The third-order valence-electron chi connectivity index (χ3n) is 1.47. The van der Waals surface area contributed by atoms with Gasteiger partial charge in [-0.3, -0.25) is 0 Å². The van der Waals surface area contributed by atoms with Crippen LogP contribution in [0.5, 0.6) is 0 Å². The molecule has 0 atom stereocenters. The van der Waals surface area contributed by atoms with E-state index in [2.05, 4.69) is 45.7 Å². The Morgan fingerprint density at radius 3 is 2.10 bits per heavy atom. The number of unbranched alkanes of at least 4 members (excludes halogenated alkanes) is 3. The number of hydrogen-bond acceptors (Lipinski definition) is 0. The lowest BCUT2D eigenvalue weighted by Crippen LogP contribution is -2.02. The Morgan fingerprint density at radius 2 is 1.70 bits per heavy atom. The Balaban J connectivity index is 3.04. The zero-order chi connectivity index (χ0) is 8.04. The van der Waals surface area contributed by atoms with Crippen LogP contribution in [0.15, 0.2) is 0 Å². The van der Waals surface area contributed by atoms with Gasteiger partial charge in [0, 0.05) is 0 Å². The average molecular weight is 272 g/mol. The molecule has 0 aromatic carbocycles. The number of rotatable bonds is 5. The van der Waals surface area contributed by atoms with Crippen molar-refractivity contribution in [2.75, 3.05) is 0 Å². The minimum Gasteiger partial charge on any atom is -0.0730 e. The highest BCUT2D eigenvalue weighted by molar-refractivity contribution is 9.25. The van der Waals surface area contributed by atoms with E-state index in [0.717, 1.165) is 0 Å². The zero-order valence-electron chi connectivity index (χ0n) is 6.79. The minimum atomic E-state index is 0.174. The lowest BCUT2D eigenvalue weighted by molar-refractivity contribution is 0.623. The van der Waals surface area contributed by atoms with Gasteiger partial charge in [0.05, 0.1) is 3.23 Å². The molecule has 0 saturated carbocycles. The quantitative estimate of drug-likeness (QED) is 0.512. The molecule has 0 aromatic rings. The smallest absolute Gasteiger partial charge is 0.0730 e. The van der Waals surface area contributed by atoms with Gasteiger partial charge in [0.25, 0.3) is 0 Å². The molecule has 62 valence electrons. The highest BCUT2D eigenvalue weighted by Gasteiger charge is 2.13. The van der Waals surface area contributed by atoms with Gasteiger partial charge in [0.2, 0.25) is 0 Å². The molecule has 10 heavy (non-hydrogen) atoms. The summed E-state index contributed by atoms with van der Waals surface area (Å²) in [5, 5.41) is 0. The van der Waals surface area contributed by atoms with Crippen molar-refractivity contribution in [3.63, 3.8) is 0 Å². The van der Waals surface area contributed by atoms with Gasteiger partial charge in [-0.15, -0.1) is 0 Å². The van der Waals surface area contributed by atoms with Gasteiger partial charge in [0.15, 0.2) is 0 Å². The summed E-state index contributed by atoms with van der Waals surface area (Å²) in [5.74, 6) is 0. The summed E-state index contributed by atoms with van der Waals surface area (Å²) < 4.78 is 0.174. The fourth-order valence-electron chi connectivity index (χ4n) is 0.862. The second kappa shape index (κ2) is 5.59. The summed E-state index contributed by atoms with van der Waals surface area (Å²) in [6.45, 7) is 4.39. The maximum atomic E-state index is 3.55. The van der Waals surface area contributed by atoms with Crippen LogP contribution in [0.2, 0.25) is 0 Å². The van der Waals surface area contributed by atoms with Crippen LogP contribution in [0, 0.1) is 0 Å². The van der Waals surface area contributed by atoms with Crippen molar-refractivity contribution in [1.82, 2.24) is 0 Å². The van der Waals surface area contributed by atoms with E-state index in [1.54, 1.807) is 0 Å². The van der Waals surface area contributed by atoms with E-state index in [9.17, 15) is 0 Å². The summed E-state index contributed by atoms with van der Waals surface area (Å²) in [6.07, 6.45) is 6.59. The maximum absolute atomic E-state index is 3.55. The van der Waals surface area contributed by atoms with Crippen molar-refractivity contribution in [2.45, 2.75) is 49.2 Å². The van der Waals surface area contributed by atoms with Gasteiger partial charge >= 0.3 is 0 Å². The number of halogens is 2. The molecule has 0 aliphatic heterocycles. The minimum absolute atomic E-state index is 0.174. The Morgan fingerprint density at radius 1 is 1.10 bits per heavy atom. The molecule has 0 saturated heterocycles. The topological polar surface area (TPSA) is 0 Å². The van der Waals surface area contributed by atoms with Crippen molar-refractivity contribution in [3.8, 4) is 0 Å². The molecular weight excluding hydrogens is 256 g/mol. The van der Waals surface area contributed by atoms with Crippen LogP contribution < -0.4 is 0 Å². The molecule has 0 rings (SSSR count). The summed E-state index contributed by atoms with van der Waals surface area (Å²) in [7, 11) is 0. The van der Waals surface area contributed by atoms with Crippen LogP contribution >= 0.6 is 31.9 Å². The molecule has 0 bridgehead atoms. The van der Waals surface area contributed by atoms with Crippen LogP contribution in [0.1, 0.15) is 46.0 Å². The summed E-state index contributed by atoms with van der Waals surface area (Å²) in [6, 6.07) is 0. The molecule has 0 heterocycles. The van der Waals surface area contributed by atoms with E-state index in [-0.39, 0.29) is 3.23 Å². The zero-order valence-corrected chi connectivity index (χ0v) is 9.96. The van der Waals surface area contributed by atoms with E-state index < -0.39 is 0 Å². The third kappa shape index (κ3) is 8.96. The standard InChI is InChI=1S/C8H16Br2/c1-3-4-5-6-7-8(2,9)10/h3-7H2,1-2H3. The molecule has 0 aliphatic carbocycles. The Labute approximate surface area is 81.0 Å². The van der Waals surface area contributed by atoms with Crippen molar-refractivity contribution < 1.29 is 0 Å². The van der Waals surface area contributed by atoms with E-state index in [1.807, 2.05) is 0 Å². The van der Waals surface area contributed by atoms with E-state index >= 15 is 0 Å². The Bertz CT molecular complexity index is 73.8. The van der Waals surface area contributed by atoms with Crippen LogP contribution in [-0.2, 0) is 0 Å². The molecule has 0 unspecified atom stereocenters. The molecule has 0 amide bonds. The second-order valence-electron chi connectivity index (χ2n) is 2.88. The van der Waals surface area contributed by atoms with Gasteiger partial charge in [-0.05, 0) is 13.3 Å². The first-order valence-corrected chi connectivity index (χ1v) is 5.52. The van der Waals surface area contributed by atoms with Gasteiger partial charge in [-0.25, -0.2) is 0 Å². The molecule has 0 nitrogen and oxygen atoms in total. The highest BCUT2D eigenvalue weighted by atomic mass is 79.9. The van der Waals surface area contributed by atoms with Gasteiger partial charge in [-0.2, -0.15) is 0 Å². The van der Waals surface area contributed by atoms with Gasteiger partial charge in [-0.1, -0.05) is 64.5 Å². The molecule has 0 spiro atoms. The van der Waals surface area contributed by atoms with Crippen LogP contribution in [-0.4, -0.2) is 3.23 Å². The predicted octanol–water partition coefficient (Wildman–Crippen LogP) is 4.46. The second-order valence-corrected chi connectivity index (χ2v) is 7.45. The monoisotopic (exact) mass is 270 g/mol. The largest absolute Gasteiger partial charge is 0.0777 e. The lowest BCUT2D eigenvalue weighted by Gasteiger charge is -2.12. The lowest BCUT2D eigenvalue weighted by atomic mass is 10.1. The Kier molecular flexibility index (Phi) is 6.13. The van der Waals surface area contributed by atoms with Crippen molar-refractivity contribution in [2.24, 2.45) is 0 Å². The maximum Gasteiger partial charge on any atom is 0.0777 e. The van der Waals surface area contributed by atoms with Crippen molar-refractivity contribution in [1.29, 1.82) is 0 Å². The fraction of sp³-hybridized carbons (Fsp3) is 1.00. The van der Waals surface area contributed by atoms with Crippen LogP contribution in [0.4, 0.5) is 0 Å². The molecule has 0 N–H and O–H groups in total. The molecular formula is C8H16Br2. The predicted molar refractivity (Wildman–Crippen MR) is 55.0 cm³/mol. The highest BCUT2D eigenvalue weighted by Crippen LogP contribution is 2.31. The van der Waals surface area contributed by atoms with Crippen molar-refractivity contribution in [3.05, 3.63) is 0 Å². The van der Waals surface area contributed by atoms with E-state index in [1.165, 1.54) is 32.1 Å². The average Bonchev–Trinajstić information content (AvgIpc) is 1.78.